The van der Waals surface area contributed by atoms with E-state index in [0.29, 0.717) is 18.4 Å². The van der Waals surface area contributed by atoms with Crippen LogP contribution in [0.4, 0.5) is 0 Å². The standard InChI is InChI=1S/C21H18O3/c22-18-11-5-6-12-19(18)24-21(23)20-16-9-3-1-7-14(16)13-15-8-2-4-10-17(15)20/h1-4,7-10,13,19H,5-6,11-12H2/t19-/m1/s1. The number of ketones is 1. The third-order valence-electron chi connectivity index (χ3n) is 4.72. The van der Waals surface area contributed by atoms with E-state index in [-0.39, 0.29) is 5.78 Å². The van der Waals surface area contributed by atoms with Crippen LogP contribution in [-0.4, -0.2) is 17.9 Å². The van der Waals surface area contributed by atoms with Gasteiger partial charge in [0.05, 0.1) is 5.56 Å². The predicted octanol–water partition coefficient (Wildman–Crippen LogP) is 4.66. The van der Waals surface area contributed by atoms with Crippen LogP contribution in [0, 0.1) is 0 Å². The number of carbonyl (C=O) groups is 2. The minimum atomic E-state index is -0.594. The molecule has 1 saturated carbocycles. The van der Waals surface area contributed by atoms with Gasteiger partial charge in [-0.2, -0.15) is 0 Å². The van der Waals surface area contributed by atoms with Crippen molar-refractivity contribution in [3.05, 3.63) is 60.2 Å². The number of benzene rings is 3. The van der Waals surface area contributed by atoms with Crippen LogP contribution < -0.4 is 0 Å². The summed E-state index contributed by atoms with van der Waals surface area (Å²) in [5.74, 6) is -0.359. The Morgan fingerprint density at radius 1 is 0.917 bits per heavy atom. The van der Waals surface area contributed by atoms with E-state index in [1.165, 1.54) is 0 Å². The van der Waals surface area contributed by atoms with Gasteiger partial charge in [-0.3, -0.25) is 4.79 Å². The van der Waals surface area contributed by atoms with Gasteiger partial charge in [-0.1, -0.05) is 48.5 Å². The van der Waals surface area contributed by atoms with Crippen molar-refractivity contribution < 1.29 is 14.3 Å². The summed E-state index contributed by atoms with van der Waals surface area (Å²) in [5.41, 5.74) is 0.557. The van der Waals surface area contributed by atoms with Crippen LogP contribution in [0.2, 0.25) is 0 Å². The highest BCUT2D eigenvalue weighted by Crippen LogP contribution is 2.30. The molecule has 3 aromatic rings. The molecule has 1 aliphatic rings. The highest BCUT2D eigenvalue weighted by atomic mass is 16.5. The molecule has 0 bridgehead atoms. The lowest BCUT2D eigenvalue weighted by molar-refractivity contribution is -0.129. The topological polar surface area (TPSA) is 43.4 Å². The molecule has 1 fully saturated rings. The maximum absolute atomic E-state index is 12.9. The zero-order valence-electron chi connectivity index (χ0n) is 13.3. The van der Waals surface area contributed by atoms with Gasteiger partial charge in [-0.15, -0.1) is 0 Å². The molecule has 0 radical (unpaired) electrons. The van der Waals surface area contributed by atoms with Gasteiger partial charge < -0.3 is 4.74 Å². The molecule has 3 nitrogen and oxygen atoms in total. The summed E-state index contributed by atoms with van der Waals surface area (Å²) in [7, 11) is 0. The van der Waals surface area contributed by atoms with Crippen LogP contribution in [-0.2, 0) is 9.53 Å². The molecule has 0 aliphatic heterocycles. The molecule has 0 unspecified atom stereocenters. The van der Waals surface area contributed by atoms with Gasteiger partial charge in [0.15, 0.2) is 11.9 Å². The highest BCUT2D eigenvalue weighted by molar-refractivity contribution is 6.16. The highest BCUT2D eigenvalue weighted by Gasteiger charge is 2.27. The summed E-state index contributed by atoms with van der Waals surface area (Å²) in [6.45, 7) is 0. The Balaban J connectivity index is 1.83. The summed E-state index contributed by atoms with van der Waals surface area (Å²) in [5, 5.41) is 3.73. The number of rotatable bonds is 2. The zero-order chi connectivity index (χ0) is 16.5. The molecule has 0 N–H and O–H groups in total. The van der Waals surface area contributed by atoms with Gasteiger partial charge in [0, 0.05) is 6.42 Å². The molecule has 0 aromatic heterocycles. The average molecular weight is 318 g/mol. The third-order valence-corrected chi connectivity index (χ3v) is 4.72. The van der Waals surface area contributed by atoms with Crippen LogP contribution >= 0.6 is 0 Å². The van der Waals surface area contributed by atoms with Crippen LogP contribution in [0.1, 0.15) is 36.0 Å². The minimum absolute atomic E-state index is 0.0409. The second-order valence-electron chi connectivity index (χ2n) is 6.30. The van der Waals surface area contributed by atoms with Gasteiger partial charge in [0.25, 0.3) is 0 Å². The number of hydrogen-bond donors (Lipinski definition) is 0. The first-order valence-electron chi connectivity index (χ1n) is 8.38. The zero-order valence-corrected chi connectivity index (χ0v) is 13.3. The fourth-order valence-corrected chi connectivity index (χ4v) is 3.50. The summed E-state index contributed by atoms with van der Waals surface area (Å²) >= 11 is 0. The molecule has 4 rings (SSSR count). The molecular formula is C21H18O3. The molecule has 0 spiro atoms. The number of ether oxygens (including phenoxy) is 1. The Morgan fingerprint density at radius 2 is 1.54 bits per heavy atom. The maximum Gasteiger partial charge on any atom is 0.340 e. The van der Waals surface area contributed by atoms with Crippen molar-refractivity contribution >= 4 is 33.3 Å². The van der Waals surface area contributed by atoms with Crippen molar-refractivity contribution in [3.8, 4) is 0 Å². The molecule has 0 heterocycles. The molecule has 3 heteroatoms. The Hall–Kier alpha value is -2.68. The first-order valence-corrected chi connectivity index (χ1v) is 8.38. The van der Waals surface area contributed by atoms with Crippen LogP contribution in [0.25, 0.3) is 21.5 Å². The Labute approximate surface area is 140 Å². The molecule has 0 amide bonds. The number of esters is 1. The van der Waals surface area contributed by atoms with Crippen LogP contribution in [0.5, 0.6) is 0 Å². The van der Waals surface area contributed by atoms with Gasteiger partial charge in [-0.25, -0.2) is 4.79 Å². The summed E-state index contributed by atoms with van der Waals surface area (Å²) in [6, 6.07) is 17.7. The summed E-state index contributed by atoms with van der Waals surface area (Å²) in [6.07, 6.45) is 2.37. The van der Waals surface area contributed by atoms with Crippen LogP contribution in [0.15, 0.2) is 54.6 Å². The van der Waals surface area contributed by atoms with Gasteiger partial charge >= 0.3 is 5.97 Å². The molecule has 120 valence electrons. The van der Waals surface area contributed by atoms with E-state index in [9.17, 15) is 9.59 Å². The van der Waals surface area contributed by atoms with E-state index in [0.717, 1.165) is 34.4 Å². The first-order chi connectivity index (χ1) is 11.7. The SMILES string of the molecule is O=C(O[C@@H]1CCCCC1=O)c1c2ccccc2cc2ccccc12. The van der Waals surface area contributed by atoms with Gasteiger partial charge in [0.1, 0.15) is 0 Å². The van der Waals surface area contributed by atoms with Crippen molar-refractivity contribution in [1.82, 2.24) is 0 Å². The number of Topliss-reactive ketones (excluding diaryl/α,β-unsaturated/α-hetero) is 1. The molecule has 1 aliphatic carbocycles. The smallest absolute Gasteiger partial charge is 0.340 e. The fraction of sp³-hybridized carbons (Fsp3) is 0.238. The molecule has 24 heavy (non-hydrogen) atoms. The van der Waals surface area contributed by atoms with E-state index in [4.69, 9.17) is 4.74 Å². The average Bonchev–Trinajstić information content (AvgIpc) is 2.61. The van der Waals surface area contributed by atoms with Crippen molar-refractivity contribution in [3.63, 3.8) is 0 Å². The van der Waals surface area contributed by atoms with Crippen molar-refractivity contribution in [2.45, 2.75) is 31.8 Å². The van der Waals surface area contributed by atoms with E-state index in [1.54, 1.807) is 0 Å². The number of carbonyl (C=O) groups excluding carboxylic acids is 2. The van der Waals surface area contributed by atoms with E-state index >= 15 is 0 Å². The second kappa shape index (κ2) is 6.08. The maximum atomic E-state index is 12.9. The Kier molecular flexibility index (Phi) is 3.77. The van der Waals surface area contributed by atoms with Crippen molar-refractivity contribution in [1.29, 1.82) is 0 Å². The quantitative estimate of drug-likeness (QED) is 0.510. The lowest BCUT2D eigenvalue weighted by Gasteiger charge is -2.21. The third kappa shape index (κ3) is 2.56. The largest absolute Gasteiger partial charge is 0.451 e. The minimum Gasteiger partial charge on any atom is -0.451 e. The van der Waals surface area contributed by atoms with Crippen molar-refractivity contribution in [2.24, 2.45) is 0 Å². The number of hydrogen-bond acceptors (Lipinski definition) is 3. The van der Waals surface area contributed by atoms with E-state index in [2.05, 4.69) is 6.07 Å². The lowest BCUT2D eigenvalue weighted by atomic mass is 9.95. The molecule has 3 aromatic carbocycles. The summed E-state index contributed by atoms with van der Waals surface area (Å²) in [4.78, 5) is 24.9. The lowest BCUT2D eigenvalue weighted by Crippen LogP contribution is -2.30. The van der Waals surface area contributed by atoms with Gasteiger partial charge in [0.2, 0.25) is 0 Å². The molecule has 1 atom stereocenters. The predicted molar refractivity (Wildman–Crippen MR) is 94.1 cm³/mol. The van der Waals surface area contributed by atoms with Gasteiger partial charge in [-0.05, 0) is 46.9 Å². The Morgan fingerprint density at radius 3 is 2.17 bits per heavy atom. The van der Waals surface area contributed by atoms with E-state index < -0.39 is 12.1 Å². The fourth-order valence-electron chi connectivity index (χ4n) is 3.50. The molecular weight excluding hydrogens is 300 g/mol. The molecule has 0 saturated heterocycles. The van der Waals surface area contributed by atoms with Crippen LogP contribution in [0.3, 0.4) is 0 Å². The van der Waals surface area contributed by atoms with Crippen molar-refractivity contribution in [2.75, 3.05) is 0 Å². The normalized spacial score (nSPS) is 18.0. The van der Waals surface area contributed by atoms with E-state index in [1.807, 2.05) is 48.5 Å². The monoisotopic (exact) mass is 318 g/mol. The first kappa shape index (κ1) is 14.9. The summed E-state index contributed by atoms with van der Waals surface area (Å²) < 4.78 is 5.62. The second-order valence-corrected chi connectivity index (χ2v) is 6.30. The Bertz CT molecular complexity index is 888. The number of fused-ring (bicyclic) bond motifs is 2.